The molecule has 2 aromatic carbocycles. The maximum atomic E-state index is 11.9. The van der Waals surface area contributed by atoms with Crippen LogP contribution in [0.2, 0.25) is 0 Å². The summed E-state index contributed by atoms with van der Waals surface area (Å²) in [6.07, 6.45) is 0. The molecule has 0 aliphatic carbocycles. The Labute approximate surface area is 164 Å². The highest BCUT2D eigenvalue weighted by molar-refractivity contribution is 7.00. The van der Waals surface area contributed by atoms with Crippen LogP contribution in [0.5, 0.6) is 0 Å². The first-order valence-electron chi connectivity index (χ1n) is 8.34. The number of nitrogens with zero attached hydrogens (tertiary/aromatic N) is 2. The molecule has 0 spiro atoms. The van der Waals surface area contributed by atoms with Crippen molar-refractivity contribution in [1.82, 2.24) is 19.4 Å². The molecular weight excluding hydrogens is 382 g/mol. The first-order valence-corrected chi connectivity index (χ1v) is 9.07. The average molecular weight is 399 g/mol. The summed E-state index contributed by atoms with van der Waals surface area (Å²) in [5, 5.41) is 7.61. The normalized spacial score (nSPS) is 10.3. The van der Waals surface area contributed by atoms with E-state index < -0.39 is 24.5 Å². The average Bonchev–Trinajstić information content (AvgIpc) is 3.20. The zero-order chi connectivity index (χ0) is 19.8. The van der Waals surface area contributed by atoms with Crippen LogP contribution in [0.15, 0.2) is 48.5 Å². The highest BCUT2D eigenvalue weighted by Gasteiger charge is 2.12. The number of urea groups is 1. The minimum absolute atomic E-state index is 0.334. The van der Waals surface area contributed by atoms with E-state index in [1.54, 1.807) is 18.2 Å². The molecule has 28 heavy (non-hydrogen) atoms. The van der Waals surface area contributed by atoms with Gasteiger partial charge < -0.3 is 20.7 Å². The smallest absolute Gasteiger partial charge is 0.325 e. The van der Waals surface area contributed by atoms with Crippen LogP contribution in [0.4, 0.5) is 10.5 Å². The molecule has 0 unspecified atom stereocenters. The van der Waals surface area contributed by atoms with Crippen LogP contribution >= 0.6 is 11.7 Å². The zero-order valence-electron chi connectivity index (χ0n) is 14.7. The summed E-state index contributed by atoms with van der Waals surface area (Å²) in [7, 11) is 0. The van der Waals surface area contributed by atoms with Crippen molar-refractivity contribution in [2.24, 2.45) is 0 Å². The Morgan fingerprint density at radius 2 is 1.79 bits per heavy atom. The van der Waals surface area contributed by atoms with Crippen molar-refractivity contribution < 1.29 is 19.1 Å². The van der Waals surface area contributed by atoms with E-state index in [0.717, 1.165) is 17.3 Å². The van der Waals surface area contributed by atoms with Crippen molar-refractivity contribution >= 4 is 46.4 Å². The molecule has 0 saturated heterocycles. The van der Waals surface area contributed by atoms with Crippen LogP contribution in [0.1, 0.15) is 5.56 Å². The molecule has 0 bridgehead atoms. The van der Waals surface area contributed by atoms with Crippen molar-refractivity contribution in [2.75, 3.05) is 18.5 Å². The second kappa shape index (κ2) is 9.42. The number of benzene rings is 2. The monoisotopic (exact) mass is 399 g/mol. The quantitative estimate of drug-likeness (QED) is 0.520. The van der Waals surface area contributed by atoms with E-state index in [2.05, 4.69) is 24.7 Å². The van der Waals surface area contributed by atoms with E-state index in [9.17, 15) is 14.4 Å². The predicted molar refractivity (Wildman–Crippen MR) is 104 cm³/mol. The van der Waals surface area contributed by atoms with Crippen LogP contribution in [0.3, 0.4) is 0 Å². The lowest BCUT2D eigenvalue weighted by molar-refractivity contribution is -0.146. The molecule has 9 nitrogen and oxygen atoms in total. The van der Waals surface area contributed by atoms with Gasteiger partial charge in [-0.1, -0.05) is 36.4 Å². The largest absolute Gasteiger partial charge is 0.454 e. The number of anilines is 1. The third kappa shape index (κ3) is 5.48. The zero-order valence-corrected chi connectivity index (χ0v) is 15.5. The Morgan fingerprint density at radius 1 is 0.964 bits per heavy atom. The Hall–Kier alpha value is -3.53. The number of nitrogens with one attached hydrogen (secondary N) is 3. The number of hydrogen-bond acceptors (Lipinski definition) is 7. The van der Waals surface area contributed by atoms with Gasteiger partial charge in [-0.2, -0.15) is 8.75 Å². The molecule has 0 aliphatic rings. The second-order valence-electron chi connectivity index (χ2n) is 5.67. The number of rotatable bonds is 7. The number of hydrogen-bond donors (Lipinski definition) is 3. The molecule has 3 amide bonds. The van der Waals surface area contributed by atoms with E-state index >= 15 is 0 Å². The maximum Gasteiger partial charge on any atom is 0.325 e. The molecule has 0 fully saturated rings. The van der Waals surface area contributed by atoms with Gasteiger partial charge in [-0.25, -0.2) is 4.79 Å². The molecule has 0 atom stereocenters. The van der Waals surface area contributed by atoms with E-state index in [1.165, 1.54) is 0 Å². The van der Waals surface area contributed by atoms with Gasteiger partial charge in [0.1, 0.15) is 17.6 Å². The van der Waals surface area contributed by atoms with Crippen LogP contribution in [0.25, 0.3) is 11.0 Å². The fourth-order valence-corrected chi connectivity index (χ4v) is 2.83. The third-order valence-electron chi connectivity index (χ3n) is 3.61. The van der Waals surface area contributed by atoms with Crippen molar-refractivity contribution in [3.63, 3.8) is 0 Å². The van der Waals surface area contributed by atoms with Gasteiger partial charge in [-0.15, -0.1) is 0 Å². The van der Waals surface area contributed by atoms with E-state index in [4.69, 9.17) is 4.74 Å². The lowest BCUT2D eigenvalue weighted by Crippen LogP contribution is -2.39. The molecular formula is C18H17N5O4S. The summed E-state index contributed by atoms with van der Waals surface area (Å²) in [4.78, 5) is 35.3. The summed E-state index contributed by atoms with van der Waals surface area (Å²) in [6, 6.07) is 14.0. The summed E-state index contributed by atoms with van der Waals surface area (Å²) in [5.74, 6) is -1.24. The molecule has 1 aromatic heterocycles. The number of carbonyl (C=O) groups excluding carboxylic acids is 3. The van der Waals surface area contributed by atoms with Gasteiger partial charge in [-0.3, -0.25) is 9.59 Å². The van der Waals surface area contributed by atoms with Crippen molar-refractivity contribution in [1.29, 1.82) is 0 Å². The minimum Gasteiger partial charge on any atom is -0.454 e. The fourth-order valence-electron chi connectivity index (χ4n) is 2.28. The van der Waals surface area contributed by atoms with E-state index in [-0.39, 0.29) is 6.54 Å². The number of aromatic nitrogens is 2. The van der Waals surface area contributed by atoms with Crippen molar-refractivity contribution in [3.05, 3.63) is 54.1 Å². The highest BCUT2D eigenvalue weighted by Crippen LogP contribution is 2.20. The first kappa shape index (κ1) is 19.2. The topological polar surface area (TPSA) is 122 Å². The number of amides is 3. The number of fused-ring (bicyclic) bond motifs is 1. The summed E-state index contributed by atoms with van der Waals surface area (Å²) in [6.45, 7) is -0.485. The maximum absolute atomic E-state index is 11.9. The predicted octanol–water partition coefficient (Wildman–Crippen LogP) is 1.67. The molecule has 144 valence electrons. The molecule has 3 N–H and O–H groups in total. The lowest BCUT2D eigenvalue weighted by Gasteiger charge is -2.09. The number of esters is 1. The van der Waals surface area contributed by atoms with Crippen molar-refractivity contribution in [2.45, 2.75) is 6.54 Å². The highest BCUT2D eigenvalue weighted by atomic mass is 32.1. The standard InChI is InChI=1S/C18H17N5O4S/c24-15(21-13-7-4-8-14-17(13)23-28-22-14)11-27-16(25)10-20-18(26)19-9-12-5-2-1-3-6-12/h1-8H,9-11H2,(H,21,24)(H2,19,20,26). The van der Waals surface area contributed by atoms with Gasteiger partial charge in [0.15, 0.2) is 6.61 Å². The Morgan fingerprint density at radius 3 is 2.61 bits per heavy atom. The molecule has 10 heteroatoms. The van der Waals surface area contributed by atoms with Crippen molar-refractivity contribution in [3.8, 4) is 0 Å². The second-order valence-corrected chi connectivity index (χ2v) is 6.20. The lowest BCUT2D eigenvalue weighted by atomic mass is 10.2. The van der Waals surface area contributed by atoms with Gasteiger partial charge >= 0.3 is 12.0 Å². The Bertz CT molecular complexity index is 976. The molecule has 3 rings (SSSR count). The van der Waals surface area contributed by atoms with Gasteiger partial charge in [0.25, 0.3) is 5.91 Å². The summed E-state index contributed by atoms with van der Waals surface area (Å²) >= 11 is 1.04. The summed E-state index contributed by atoms with van der Waals surface area (Å²) < 4.78 is 13.0. The number of carbonyl (C=O) groups is 3. The molecule has 3 aromatic rings. The van der Waals surface area contributed by atoms with Gasteiger partial charge in [0, 0.05) is 6.54 Å². The number of ether oxygens (including phenoxy) is 1. The van der Waals surface area contributed by atoms with E-state index in [0.29, 0.717) is 23.3 Å². The fraction of sp³-hybridized carbons (Fsp3) is 0.167. The summed E-state index contributed by atoms with van der Waals surface area (Å²) in [5.41, 5.74) is 2.67. The van der Waals surface area contributed by atoms with Gasteiger partial charge in [-0.05, 0) is 17.7 Å². The molecule has 0 saturated carbocycles. The van der Waals surface area contributed by atoms with Gasteiger partial charge in [0.05, 0.1) is 17.4 Å². The van der Waals surface area contributed by atoms with Crippen LogP contribution in [0, 0.1) is 0 Å². The Balaban J connectivity index is 1.36. The SMILES string of the molecule is O=C(COC(=O)CNC(=O)NCc1ccccc1)Nc1cccc2nsnc12. The molecule has 1 heterocycles. The molecule has 0 radical (unpaired) electrons. The van der Waals surface area contributed by atoms with Crippen LogP contribution in [-0.2, 0) is 20.9 Å². The van der Waals surface area contributed by atoms with E-state index in [1.807, 2.05) is 30.3 Å². The minimum atomic E-state index is -0.724. The third-order valence-corrected chi connectivity index (χ3v) is 4.16. The Kier molecular flexibility index (Phi) is 6.47. The van der Waals surface area contributed by atoms with Gasteiger partial charge in [0.2, 0.25) is 0 Å². The van der Waals surface area contributed by atoms with Crippen LogP contribution < -0.4 is 16.0 Å². The first-order chi connectivity index (χ1) is 13.6. The van der Waals surface area contributed by atoms with Crippen LogP contribution in [-0.4, -0.2) is 39.8 Å². The molecule has 0 aliphatic heterocycles.